The summed E-state index contributed by atoms with van der Waals surface area (Å²) in [6.45, 7) is 7.44. The van der Waals surface area contributed by atoms with Crippen LogP contribution in [-0.4, -0.2) is 11.6 Å². The molecule has 0 aliphatic heterocycles. The Hall–Kier alpha value is -1.83. The molecular weight excluding hydrogens is 318 g/mol. The highest BCUT2D eigenvalue weighted by molar-refractivity contribution is 5.73. The number of aromatic nitrogens is 1. The fraction of sp³-hybridized carbons (Fsp3) is 0.542. The van der Waals surface area contributed by atoms with E-state index in [4.69, 9.17) is 4.74 Å². The van der Waals surface area contributed by atoms with Crippen LogP contribution in [0.4, 0.5) is 0 Å². The first kappa shape index (κ1) is 18.9. The Kier molecular flexibility index (Phi) is 6.71. The highest BCUT2D eigenvalue weighted by Gasteiger charge is 2.27. The molecule has 26 heavy (non-hydrogen) atoms. The predicted octanol–water partition coefficient (Wildman–Crippen LogP) is 6.86. The Bertz CT molecular complexity index is 688. The van der Waals surface area contributed by atoms with Crippen LogP contribution in [-0.2, 0) is 0 Å². The van der Waals surface area contributed by atoms with Gasteiger partial charge in [0.15, 0.2) is 0 Å². The third kappa shape index (κ3) is 4.28. The number of pyridine rings is 1. The molecule has 140 valence electrons. The number of benzene rings is 1. The van der Waals surface area contributed by atoms with E-state index >= 15 is 0 Å². The number of nitrogens with zero attached hydrogens (tertiary/aromatic N) is 1. The molecular formula is C24H33NO. The van der Waals surface area contributed by atoms with E-state index in [1.165, 1.54) is 55.2 Å². The molecule has 2 nitrogen and oxygen atoms in total. The summed E-state index contributed by atoms with van der Waals surface area (Å²) < 4.78 is 5.89. The minimum atomic E-state index is 0.538. The molecule has 1 aromatic carbocycles. The van der Waals surface area contributed by atoms with E-state index in [-0.39, 0.29) is 0 Å². The van der Waals surface area contributed by atoms with Gasteiger partial charge in [-0.1, -0.05) is 57.7 Å². The first-order valence-electron chi connectivity index (χ1n) is 10.4. The lowest BCUT2D eigenvalue weighted by Crippen LogP contribution is -2.19. The van der Waals surface area contributed by atoms with E-state index in [2.05, 4.69) is 49.3 Å². The highest BCUT2D eigenvalue weighted by atomic mass is 16.5. The van der Waals surface area contributed by atoms with Gasteiger partial charge in [-0.3, -0.25) is 4.98 Å². The SMILES string of the molecule is CCCC1CCC(C(C)c2cnccc2-c2ccccc2OCC)CC1. The minimum Gasteiger partial charge on any atom is -0.493 e. The first-order chi connectivity index (χ1) is 12.7. The van der Waals surface area contributed by atoms with Gasteiger partial charge in [-0.05, 0) is 60.8 Å². The minimum absolute atomic E-state index is 0.538. The van der Waals surface area contributed by atoms with E-state index in [0.717, 1.165) is 17.6 Å². The van der Waals surface area contributed by atoms with Gasteiger partial charge in [-0.25, -0.2) is 0 Å². The molecule has 0 radical (unpaired) electrons. The van der Waals surface area contributed by atoms with E-state index in [9.17, 15) is 0 Å². The number of ether oxygens (including phenoxy) is 1. The summed E-state index contributed by atoms with van der Waals surface area (Å²) in [4.78, 5) is 4.47. The average Bonchev–Trinajstić information content (AvgIpc) is 2.69. The van der Waals surface area contributed by atoms with E-state index in [1.54, 1.807) is 0 Å². The lowest BCUT2D eigenvalue weighted by atomic mass is 9.72. The number of rotatable bonds is 7. The summed E-state index contributed by atoms with van der Waals surface area (Å²) in [7, 11) is 0. The van der Waals surface area contributed by atoms with E-state index in [1.807, 2.05) is 19.2 Å². The molecule has 1 fully saturated rings. The van der Waals surface area contributed by atoms with E-state index in [0.29, 0.717) is 12.5 Å². The van der Waals surface area contributed by atoms with Gasteiger partial charge in [0.2, 0.25) is 0 Å². The Morgan fingerprint density at radius 2 is 1.81 bits per heavy atom. The van der Waals surface area contributed by atoms with Crippen LogP contribution in [0.15, 0.2) is 42.7 Å². The van der Waals surface area contributed by atoms with Crippen molar-refractivity contribution >= 4 is 0 Å². The van der Waals surface area contributed by atoms with Crippen LogP contribution in [0.1, 0.15) is 70.8 Å². The fourth-order valence-electron chi connectivity index (χ4n) is 4.62. The van der Waals surface area contributed by atoms with Gasteiger partial charge < -0.3 is 4.74 Å². The standard InChI is InChI=1S/C24H33NO/c1-4-8-19-11-13-20(14-12-19)18(3)23-17-25-16-15-21(23)22-9-6-7-10-24(22)26-5-2/h6-7,9-10,15-20H,4-5,8,11-14H2,1-3H3. The summed E-state index contributed by atoms with van der Waals surface area (Å²) in [6.07, 6.45) is 12.2. The molecule has 0 bridgehead atoms. The van der Waals surface area contributed by atoms with Crippen molar-refractivity contribution in [2.45, 2.75) is 65.2 Å². The maximum absolute atomic E-state index is 5.89. The van der Waals surface area contributed by atoms with Crippen LogP contribution in [0.2, 0.25) is 0 Å². The second-order valence-corrected chi connectivity index (χ2v) is 7.75. The molecule has 1 unspecified atom stereocenters. The summed E-state index contributed by atoms with van der Waals surface area (Å²) in [5.74, 6) is 3.23. The molecule has 2 aromatic rings. The van der Waals surface area contributed by atoms with Gasteiger partial charge in [0.1, 0.15) is 5.75 Å². The summed E-state index contributed by atoms with van der Waals surface area (Å²) in [5, 5.41) is 0. The predicted molar refractivity (Wildman–Crippen MR) is 110 cm³/mol. The number of hydrogen-bond donors (Lipinski definition) is 0. The van der Waals surface area contributed by atoms with Gasteiger partial charge >= 0.3 is 0 Å². The second-order valence-electron chi connectivity index (χ2n) is 7.75. The molecule has 0 amide bonds. The van der Waals surface area contributed by atoms with E-state index < -0.39 is 0 Å². The lowest BCUT2D eigenvalue weighted by Gasteiger charge is -2.33. The van der Waals surface area contributed by atoms with Crippen molar-refractivity contribution in [1.29, 1.82) is 0 Å². The summed E-state index contributed by atoms with van der Waals surface area (Å²) in [5.41, 5.74) is 3.85. The summed E-state index contributed by atoms with van der Waals surface area (Å²) >= 11 is 0. The van der Waals surface area contributed by atoms with Crippen LogP contribution in [0.25, 0.3) is 11.1 Å². The van der Waals surface area contributed by atoms with Gasteiger partial charge in [-0.2, -0.15) is 0 Å². The summed E-state index contributed by atoms with van der Waals surface area (Å²) in [6, 6.07) is 10.6. The van der Waals surface area contributed by atoms with Crippen molar-refractivity contribution in [2.24, 2.45) is 11.8 Å². The topological polar surface area (TPSA) is 22.1 Å². The molecule has 0 saturated heterocycles. The zero-order valence-electron chi connectivity index (χ0n) is 16.6. The Labute approximate surface area is 159 Å². The zero-order chi connectivity index (χ0) is 18.4. The molecule has 1 atom stereocenters. The van der Waals surface area contributed by atoms with Gasteiger partial charge in [0, 0.05) is 18.0 Å². The van der Waals surface area contributed by atoms with Crippen molar-refractivity contribution in [2.75, 3.05) is 6.61 Å². The number of hydrogen-bond acceptors (Lipinski definition) is 2. The van der Waals surface area contributed by atoms with Crippen LogP contribution < -0.4 is 4.74 Å². The van der Waals surface area contributed by atoms with Gasteiger partial charge in [0.05, 0.1) is 6.61 Å². The second kappa shape index (κ2) is 9.21. The average molecular weight is 352 g/mol. The molecule has 0 spiro atoms. The van der Waals surface area contributed by atoms with Gasteiger partial charge in [0.25, 0.3) is 0 Å². The molecule has 1 aromatic heterocycles. The molecule has 2 heteroatoms. The molecule has 1 saturated carbocycles. The normalized spacial score (nSPS) is 21.3. The van der Waals surface area contributed by atoms with Crippen molar-refractivity contribution in [1.82, 2.24) is 4.98 Å². The fourth-order valence-corrected chi connectivity index (χ4v) is 4.62. The van der Waals surface area contributed by atoms with Crippen LogP contribution in [0, 0.1) is 11.8 Å². The Balaban J connectivity index is 1.84. The maximum atomic E-state index is 5.89. The molecule has 3 rings (SSSR count). The lowest BCUT2D eigenvalue weighted by molar-refractivity contribution is 0.239. The Morgan fingerprint density at radius 1 is 1.04 bits per heavy atom. The Morgan fingerprint density at radius 3 is 2.54 bits per heavy atom. The molecule has 1 aliphatic rings. The third-order valence-corrected chi connectivity index (χ3v) is 6.11. The largest absolute Gasteiger partial charge is 0.493 e. The highest BCUT2D eigenvalue weighted by Crippen LogP contribution is 2.43. The molecule has 1 heterocycles. The third-order valence-electron chi connectivity index (χ3n) is 6.11. The molecule has 0 N–H and O–H groups in total. The van der Waals surface area contributed by atoms with Crippen LogP contribution >= 0.6 is 0 Å². The zero-order valence-corrected chi connectivity index (χ0v) is 16.6. The monoisotopic (exact) mass is 351 g/mol. The van der Waals surface area contributed by atoms with Crippen LogP contribution in [0.3, 0.4) is 0 Å². The van der Waals surface area contributed by atoms with Crippen molar-refractivity contribution in [3.63, 3.8) is 0 Å². The first-order valence-corrected chi connectivity index (χ1v) is 10.4. The van der Waals surface area contributed by atoms with Crippen LogP contribution in [0.5, 0.6) is 5.75 Å². The van der Waals surface area contributed by atoms with Crippen molar-refractivity contribution in [3.05, 3.63) is 48.3 Å². The number of para-hydroxylation sites is 1. The van der Waals surface area contributed by atoms with Gasteiger partial charge in [-0.15, -0.1) is 0 Å². The maximum Gasteiger partial charge on any atom is 0.127 e. The quantitative estimate of drug-likeness (QED) is 0.544. The smallest absolute Gasteiger partial charge is 0.127 e. The molecule has 1 aliphatic carbocycles. The van der Waals surface area contributed by atoms with Crippen molar-refractivity contribution in [3.8, 4) is 16.9 Å². The van der Waals surface area contributed by atoms with Crippen molar-refractivity contribution < 1.29 is 4.74 Å².